The van der Waals surface area contributed by atoms with Crippen LogP contribution in [-0.4, -0.2) is 92.7 Å². The Bertz CT molecular complexity index is 1990. The number of hydrogen-bond donors (Lipinski definition) is 4. The molecule has 1 saturated heterocycles. The van der Waals surface area contributed by atoms with Gasteiger partial charge < -0.3 is 34.8 Å². The topological polar surface area (TPSA) is 153 Å². The zero-order chi connectivity index (χ0) is 34.8. The van der Waals surface area contributed by atoms with E-state index in [2.05, 4.69) is 39.0 Å². The van der Waals surface area contributed by atoms with Crippen LogP contribution in [0.2, 0.25) is 0 Å². The Balaban J connectivity index is 1.07. The zero-order valence-electron chi connectivity index (χ0n) is 29.0. The summed E-state index contributed by atoms with van der Waals surface area (Å²) in [5.74, 6) is 1.38. The van der Waals surface area contributed by atoms with Crippen molar-refractivity contribution in [3.8, 4) is 22.9 Å². The number of aromatic nitrogens is 3. The number of aliphatic hydroxyl groups excluding tert-OH is 1. The minimum Gasteiger partial charge on any atom is -0.490 e. The number of anilines is 1. The highest BCUT2D eigenvalue weighted by Gasteiger charge is 2.41. The number of H-pyrrole nitrogens is 2. The number of pyridine rings is 1. The SMILES string of the molecule is Cc1c(C)c2c(c(C)c1OCC(O)CNc1cc[nH]c(=O)c1-c1nc3cc4c(cc3[nH]1)C(=O)N(C1CCN(C)CC1)C4=O)CCC(C)(C)O2. The zero-order valence-corrected chi connectivity index (χ0v) is 29.0. The van der Waals surface area contributed by atoms with E-state index in [4.69, 9.17) is 9.47 Å². The predicted octanol–water partition coefficient (Wildman–Crippen LogP) is 4.49. The number of fused-ring (bicyclic) bond motifs is 3. The van der Waals surface area contributed by atoms with E-state index >= 15 is 0 Å². The third-order valence-electron chi connectivity index (χ3n) is 10.4. The number of likely N-dealkylation sites (tertiary alicyclic amines) is 1. The van der Waals surface area contributed by atoms with Gasteiger partial charge in [0, 0.05) is 24.3 Å². The Morgan fingerprint density at radius 2 is 1.80 bits per heavy atom. The number of rotatable bonds is 8. The van der Waals surface area contributed by atoms with Gasteiger partial charge in [0.1, 0.15) is 41.2 Å². The summed E-state index contributed by atoms with van der Waals surface area (Å²) in [6.45, 7) is 12.1. The number of imidazole rings is 1. The van der Waals surface area contributed by atoms with Gasteiger partial charge in [-0.1, -0.05) is 0 Å². The Hall–Kier alpha value is -4.68. The summed E-state index contributed by atoms with van der Waals surface area (Å²) in [5.41, 5.74) is 6.01. The van der Waals surface area contributed by atoms with Gasteiger partial charge in [0.25, 0.3) is 17.4 Å². The van der Waals surface area contributed by atoms with E-state index in [0.717, 1.165) is 72.5 Å². The maximum Gasteiger partial charge on any atom is 0.261 e. The molecule has 0 saturated carbocycles. The van der Waals surface area contributed by atoms with E-state index < -0.39 is 6.10 Å². The molecule has 49 heavy (non-hydrogen) atoms. The van der Waals surface area contributed by atoms with E-state index in [9.17, 15) is 19.5 Å². The minimum absolute atomic E-state index is 0.0462. The number of imide groups is 1. The summed E-state index contributed by atoms with van der Waals surface area (Å²) in [7, 11) is 2.04. The van der Waals surface area contributed by atoms with Gasteiger partial charge in [0.15, 0.2) is 0 Å². The lowest BCUT2D eigenvalue weighted by atomic mass is 9.88. The minimum atomic E-state index is -0.888. The lowest BCUT2D eigenvalue weighted by molar-refractivity contribution is 0.0516. The van der Waals surface area contributed by atoms with Crippen LogP contribution in [0.3, 0.4) is 0 Å². The second kappa shape index (κ2) is 12.3. The lowest BCUT2D eigenvalue weighted by Crippen LogP contribution is -2.46. The molecule has 0 aliphatic carbocycles. The Kier molecular flexibility index (Phi) is 8.27. The van der Waals surface area contributed by atoms with Gasteiger partial charge in [-0.2, -0.15) is 0 Å². The van der Waals surface area contributed by atoms with Crippen molar-refractivity contribution in [1.82, 2.24) is 24.8 Å². The third kappa shape index (κ3) is 5.86. The monoisotopic (exact) mass is 668 g/mol. The molecule has 12 nitrogen and oxygen atoms in total. The van der Waals surface area contributed by atoms with E-state index in [-0.39, 0.29) is 53.6 Å². The van der Waals surface area contributed by atoms with Crippen molar-refractivity contribution in [2.24, 2.45) is 0 Å². The number of hydrogen-bond acceptors (Lipinski definition) is 9. The van der Waals surface area contributed by atoms with E-state index in [0.29, 0.717) is 27.8 Å². The van der Waals surface area contributed by atoms with E-state index in [1.165, 1.54) is 11.1 Å². The molecule has 12 heteroatoms. The highest BCUT2D eigenvalue weighted by molar-refractivity contribution is 6.23. The van der Waals surface area contributed by atoms with Crippen molar-refractivity contribution >= 4 is 28.5 Å². The summed E-state index contributed by atoms with van der Waals surface area (Å²) in [6, 6.07) is 4.86. The standard InChI is InChI=1S/C37H44N6O6/c1-19-20(2)32-24(7-11-37(4,5)49-32)21(3)31(19)48-18-23(44)17-39-27-8-12-38-34(45)30(27)33-40-28-15-25-26(16-29(28)41-33)36(47)43(35(25)46)22-9-13-42(6)14-10-22/h8,12,15-16,22-23,44H,7,9-11,13-14,17-18H2,1-6H3,(H,40,41)(H2,38,39,45). The van der Waals surface area contributed by atoms with E-state index in [1.54, 1.807) is 18.2 Å². The Morgan fingerprint density at radius 3 is 2.53 bits per heavy atom. The fraction of sp³-hybridized carbons (Fsp3) is 0.459. The predicted molar refractivity (Wildman–Crippen MR) is 187 cm³/mol. The van der Waals surface area contributed by atoms with Crippen LogP contribution in [0.25, 0.3) is 22.4 Å². The number of nitrogens with zero attached hydrogens (tertiary/aromatic N) is 3. The van der Waals surface area contributed by atoms with Crippen molar-refractivity contribution in [2.75, 3.05) is 38.6 Å². The van der Waals surface area contributed by atoms with Gasteiger partial charge in [-0.25, -0.2) is 4.98 Å². The number of aromatic amines is 2. The first-order chi connectivity index (χ1) is 23.3. The van der Waals surface area contributed by atoms with Crippen LogP contribution in [0, 0.1) is 20.8 Å². The first kappa shape index (κ1) is 32.8. The van der Waals surface area contributed by atoms with Crippen molar-refractivity contribution < 1.29 is 24.2 Å². The van der Waals surface area contributed by atoms with Gasteiger partial charge in [-0.15, -0.1) is 0 Å². The van der Waals surface area contributed by atoms with E-state index in [1.807, 2.05) is 27.8 Å². The summed E-state index contributed by atoms with van der Waals surface area (Å²) in [6.07, 6.45) is 3.94. The average molecular weight is 669 g/mol. The maximum atomic E-state index is 13.4. The van der Waals surface area contributed by atoms with Crippen LogP contribution in [0.5, 0.6) is 11.5 Å². The molecule has 2 aromatic carbocycles. The maximum absolute atomic E-state index is 13.4. The molecule has 7 rings (SSSR count). The number of piperidine rings is 1. The molecular formula is C37H44N6O6. The highest BCUT2D eigenvalue weighted by atomic mass is 16.5. The van der Waals surface area contributed by atoms with Gasteiger partial charge in [0.2, 0.25) is 0 Å². The largest absolute Gasteiger partial charge is 0.490 e. The number of carbonyl (C=O) groups excluding carboxylic acids is 2. The van der Waals surface area contributed by atoms with Crippen LogP contribution in [0.4, 0.5) is 5.69 Å². The quantitative estimate of drug-likeness (QED) is 0.199. The summed E-state index contributed by atoms with van der Waals surface area (Å²) in [5, 5.41) is 14.1. The van der Waals surface area contributed by atoms with Crippen molar-refractivity contribution in [3.63, 3.8) is 0 Å². The molecule has 258 valence electrons. The Morgan fingerprint density at radius 1 is 1.08 bits per heavy atom. The highest BCUT2D eigenvalue weighted by Crippen LogP contribution is 2.43. The first-order valence-corrected chi connectivity index (χ1v) is 17.0. The number of benzene rings is 2. The molecule has 3 aliphatic rings. The fourth-order valence-corrected chi connectivity index (χ4v) is 7.36. The van der Waals surface area contributed by atoms with Crippen molar-refractivity contribution in [2.45, 2.75) is 78.0 Å². The third-order valence-corrected chi connectivity index (χ3v) is 10.4. The molecule has 1 atom stereocenters. The molecule has 4 N–H and O–H groups in total. The van der Waals surface area contributed by atoms with Gasteiger partial charge in [-0.05, 0) is 115 Å². The van der Waals surface area contributed by atoms with Gasteiger partial charge >= 0.3 is 0 Å². The second-order valence-corrected chi connectivity index (χ2v) is 14.3. The fourth-order valence-electron chi connectivity index (χ4n) is 7.36. The average Bonchev–Trinajstić information content (AvgIpc) is 3.58. The summed E-state index contributed by atoms with van der Waals surface area (Å²) >= 11 is 0. The van der Waals surface area contributed by atoms with Gasteiger partial charge in [-0.3, -0.25) is 19.3 Å². The molecule has 1 fully saturated rings. The molecule has 2 amide bonds. The van der Waals surface area contributed by atoms with Crippen LogP contribution in [0.1, 0.15) is 76.1 Å². The van der Waals surface area contributed by atoms with Crippen LogP contribution in [-0.2, 0) is 6.42 Å². The van der Waals surface area contributed by atoms with Crippen molar-refractivity contribution in [3.05, 3.63) is 68.1 Å². The smallest absolute Gasteiger partial charge is 0.261 e. The Labute approximate surface area is 284 Å². The van der Waals surface area contributed by atoms with Gasteiger partial charge in [0.05, 0.1) is 27.8 Å². The lowest BCUT2D eigenvalue weighted by Gasteiger charge is -2.35. The molecular weight excluding hydrogens is 624 g/mol. The molecule has 2 aromatic heterocycles. The van der Waals surface area contributed by atoms with Crippen LogP contribution in [0.15, 0.2) is 29.2 Å². The normalized spacial score (nSPS) is 18.4. The number of aliphatic hydroxyl groups is 1. The molecule has 4 aromatic rings. The molecule has 0 bridgehead atoms. The second-order valence-electron chi connectivity index (χ2n) is 14.3. The molecule has 1 unspecified atom stereocenters. The molecule has 0 spiro atoms. The van der Waals surface area contributed by atoms with Crippen molar-refractivity contribution in [1.29, 1.82) is 0 Å². The number of amides is 2. The van der Waals surface area contributed by atoms with Crippen LogP contribution >= 0.6 is 0 Å². The first-order valence-electron chi connectivity index (χ1n) is 17.0. The number of ether oxygens (including phenoxy) is 2. The number of nitrogens with one attached hydrogen (secondary N) is 3. The van der Waals surface area contributed by atoms with Crippen LogP contribution < -0.4 is 20.3 Å². The molecule has 5 heterocycles. The molecule has 3 aliphatic heterocycles. The number of carbonyl (C=O) groups is 2. The molecule has 0 radical (unpaired) electrons. The summed E-state index contributed by atoms with van der Waals surface area (Å²) in [4.78, 5) is 54.1. The summed E-state index contributed by atoms with van der Waals surface area (Å²) < 4.78 is 12.5.